The van der Waals surface area contributed by atoms with Gasteiger partial charge in [-0.15, -0.1) is 0 Å². The molecule has 0 fully saturated rings. The number of ether oxygens (including phenoxy) is 1. The molecule has 6 nitrogen and oxygen atoms in total. The number of hydrogen-bond donors (Lipinski definition) is 2. The van der Waals surface area contributed by atoms with Gasteiger partial charge in [-0.1, -0.05) is 121 Å². The first kappa shape index (κ1) is 30.2. The highest BCUT2D eigenvalue weighted by Gasteiger charge is 2.29. The molecule has 0 aliphatic heterocycles. The third-order valence-corrected chi connectivity index (χ3v) is 7.46. The van der Waals surface area contributed by atoms with Crippen molar-refractivity contribution in [3.63, 3.8) is 0 Å². The summed E-state index contributed by atoms with van der Waals surface area (Å²) in [5.41, 5.74) is 5.99. The molecular formula is C33H31Br2N3O3. The van der Waals surface area contributed by atoms with Crippen molar-refractivity contribution in [2.24, 2.45) is 11.0 Å². The lowest BCUT2D eigenvalue weighted by Crippen LogP contribution is -2.50. The van der Waals surface area contributed by atoms with Crippen LogP contribution in [0.1, 0.15) is 42.0 Å². The molecule has 0 heterocycles. The predicted octanol–water partition coefficient (Wildman–Crippen LogP) is 7.21. The fraction of sp³-hybridized carbons (Fsp3) is 0.182. The Morgan fingerprint density at radius 1 is 0.829 bits per heavy atom. The monoisotopic (exact) mass is 675 g/mol. The Labute approximate surface area is 257 Å². The average Bonchev–Trinajstić information content (AvgIpc) is 2.97. The molecule has 0 radical (unpaired) electrons. The summed E-state index contributed by atoms with van der Waals surface area (Å²) >= 11 is 7.07. The topological polar surface area (TPSA) is 79.8 Å². The van der Waals surface area contributed by atoms with E-state index in [1.165, 1.54) is 6.21 Å². The molecular weight excluding hydrogens is 646 g/mol. The molecule has 0 unspecified atom stereocenters. The maximum Gasteiger partial charge on any atom is 0.262 e. The number of carbonyl (C=O) groups is 2. The largest absolute Gasteiger partial charge is 0.487 e. The van der Waals surface area contributed by atoms with Crippen LogP contribution in [0.25, 0.3) is 0 Å². The minimum Gasteiger partial charge on any atom is -0.487 e. The van der Waals surface area contributed by atoms with Gasteiger partial charge in [0.2, 0.25) is 5.91 Å². The van der Waals surface area contributed by atoms with Gasteiger partial charge in [0, 0.05) is 10.0 Å². The highest BCUT2D eigenvalue weighted by molar-refractivity contribution is 9.11. The average molecular weight is 677 g/mol. The third kappa shape index (κ3) is 8.38. The van der Waals surface area contributed by atoms with Gasteiger partial charge in [-0.25, -0.2) is 5.43 Å². The fourth-order valence-corrected chi connectivity index (χ4v) is 5.72. The number of hydrazone groups is 1. The quantitative estimate of drug-likeness (QED) is 0.130. The molecule has 0 saturated heterocycles. The highest BCUT2D eigenvalue weighted by atomic mass is 79.9. The van der Waals surface area contributed by atoms with Crippen molar-refractivity contribution >= 4 is 49.9 Å². The number of amides is 2. The molecule has 0 aliphatic rings. The Balaban J connectivity index is 1.49. The fourth-order valence-electron chi connectivity index (χ4n) is 4.35. The van der Waals surface area contributed by atoms with E-state index in [1.807, 2.05) is 117 Å². The maximum absolute atomic E-state index is 13.6. The van der Waals surface area contributed by atoms with Gasteiger partial charge in [-0.2, -0.15) is 5.10 Å². The summed E-state index contributed by atoms with van der Waals surface area (Å²) < 4.78 is 7.66. The van der Waals surface area contributed by atoms with E-state index >= 15 is 0 Å². The number of rotatable bonds is 11. The smallest absolute Gasteiger partial charge is 0.262 e. The van der Waals surface area contributed by atoms with E-state index in [2.05, 4.69) is 47.7 Å². The number of carbonyl (C=O) groups excluding carboxylic acids is 2. The standard InChI is InChI=1S/C33H31Br2N3O3/c1-22(2)30(37-32(39)29(24-14-8-4-9-15-24)25-16-10-5-11-17-25)33(40)38-36-20-26-18-27(34)19-28(35)31(26)41-21-23-12-6-3-7-13-23/h3-20,22,29-30H,21H2,1-2H3,(H,37,39)(H,38,40)/b36-20-/t30-/m1/s1. The second kappa shape index (κ2) is 14.8. The summed E-state index contributed by atoms with van der Waals surface area (Å²) in [4.78, 5) is 26.9. The van der Waals surface area contributed by atoms with E-state index in [1.54, 1.807) is 0 Å². The van der Waals surface area contributed by atoms with Gasteiger partial charge in [-0.05, 0) is 50.7 Å². The van der Waals surface area contributed by atoms with Crippen LogP contribution in [0.5, 0.6) is 5.75 Å². The molecule has 210 valence electrons. The minimum atomic E-state index is -0.794. The van der Waals surface area contributed by atoms with Crippen molar-refractivity contribution in [2.45, 2.75) is 32.4 Å². The van der Waals surface area contributed by atoms with E-state index < -0.39 is 17.9 Å². The summed E-state index contributed by atoms with van der Waals surface area (Å²) in [6.45, 7) is 4.14. The minimum absolute atomic E-state index is 0.175. The van der Waals surface area contributed by atoms with Crippen molar-refractivity contribution in [3.05, 3.63) is 134 Å². The molecule has 8 heteroatoms. The Morgan fingerprint density at radius 2 is 1.39 bits per heavy atom. The van der Waals surface area contributed by atoms with Gasteiger partial charge in [0.25, 0.3) is 5.91 Å². The molecule has 2 amide bonds. The lowest BCUT2D eigenvalue weighted by molar-refractivity contribution is -0.130. The molecule has 41 heavy (non-hydrogen) atoms. The molecule has 0 saturated carbocycles. The molecule has 4 aromatic carbocycles. The Hall–Kier alpha value is -3.75. The van der Waals surface area contributed by atoms with Crippen LogP contribution in [0.3, 0.4) is 0 Å². The van der Waals surface area contributed by atoms with Crippen molar-refractivity contribution < 1.29 is 14.3 Å². The van der Waals surface area contributed by atoms with E-state index in [4.69, 9.17) is 4.74 Å². The first-order chi connectivity index (χ1) is 19.8. The van der Waals surface area contributed by atoms with Gasteiger partial charge in [0.15, 0.2) is 0 Å². The van der Waals surface area contributed by atoms with Crippen LogP contribution in [-0.2, 0) is 16.2 Å². The van der Waals surface area contributed by atoms with Crippen molar-refractivity contribution in [3.8, 4) is 5.75 Å². The molecule has 0 spiro atoms. The molecule has 0 aromatic heterocycles. The lowest BCUT2D eigenvalue weighted by Gasteiger charge is -2.24. The normalized spacial score (nSPS) is 12.0. The van der Waals surface area contributed by atoms with Crippen LogP contribution in [0.4, 0.5) is 0 Å². The molecule has 1 atom stereocenters. The predicted molar refractivity (Wildman–Crippen MR) is 170 cm³/mol. The van der Waals surface area contributed by atoms with Gasteiger partial charge in [0.05, 0.1) is 16.6 Å². The Bertz CT molecular complexity index is 1440. The van der Waals surface area contributed by atoms with Gasteiger partial charge in [0.1, 0.15) is 18.4 Å². The second-order valence-corrected chi connectivity index (χ2v) is 11.6. The first-order valence-electron chi connectivity index (χ1n) is 13.2. The molecule has 0 aliphatic carbocycles. The number of halogens is 2. The van der Waals surface area contributed by atoms with Gasteiger partial charge in [-0.3, -0.25) is 9.59 Å². The maximum atomic E-state index is 13.6. The summed E-state index contributed by atoms with van der Waals surface area (Å²) in [5.74, 6) is -0.806. The number of benzene rings is 4. The van der Waals surface area contributed by atoms with E-state index in [9.17, 15) is 9.59 Å². The zero-order valence-corrected chi connectivity index (χ0v) is 25.9. The Kier molecular flexibility index (Phi) is 10.9. The Morgan fingerprint density at radius 3 is 1.95 bits per heavy atom. The van der Waals surface area contributed by atoms with Gasteiger partial charge < -0.3 is 10.1 Å². The zero-order valence-electron chi connectivity index (χ0n) is 22.8. The molecule has 4 aromatic rings. The van der Waals surface area contributed by atoms with E-state index in [-0.39, 0.29) is 11.8 Å². The van der Waals surface area contributed by atoms with Crippen LogP contribution in [-0.4, -0.2) is 24.1 Å². The summed E-state index contributed by atoms with van der Waals surface area (Å²) in [6, 6.07) is 31.9. The van der Waals surface area contributed by atoms with Crippen LogP contribution in [0, 0.1) is 5.92 Å². The van der Waals surface area contributed by atoms with Crippen LogP contribution in [0.15, 0.2) is 117 Å². The highest BCUT2D eigenvalue weighted by Crippen LogP contribution is 2.33. The molecule has 0 bridgehead atoms. The van der Waals surface area contributed by atoms with Crippen LogP contribution < -0.4 is 15.5 Å². The summed E-state index contributed by atoms with van der Waals surface area (Å²) in [6.07, 6.45) is 1.53. The summed E-state index contributed by atoms with van der Waals surface area (Å²) in [5, 5.41) is 7.18. The van der Waals surface area contributed by atoms with Crippen molar-refractivity contribution in [2.75, 3.05) is 0 Å². The van der Waals surface area contributed by atoms with Crippen molar-refractivity contribution in [1.29, 1.82) is 0 Å². The van der Waals surface area contributed by atoms with E-state index in [0.717, 1.165) is 25.6 Å². The number of nitrogens with zero attached hydrogens (tertiary/aromatic N) is 1. The van der Waals surface area contributed by atoms with Crippen LogP contribution >= 0.6 is 31.9 Å². The van der Waals surface area contributed by atoms with E-state index in [0.29, 0.717) is 17.9 Å². The van der Waals surface area contributed by atoms with Crippen molar-refractivity contribution in [1.82, 2.24) is 10.7 Å². The SMILES string of the molecule is CC(C)[C@@H](NC(=O)C(c1ccccc1)c1ccccc1)C(=O)N/N=C\c1cc(Br)cc(Br)c1OCc1ccccc1. The molecule has 4 rings (SSSR count). The third-order valence-electron chi connectivity index (χ3n) is 6.42. The lowest BCUT2D eigenvalue weighted by atomic mass is 9.89. The number of nitrogens with one attached hydrogen (secondary N) is 2. The molecule has 2 N–H and O–H groups in total. The second-order valence-electron chi connectivity index (χ2n) is 9.80. The first-order valence-corrected chi connectivity index (χ1v) is 14.8. The van der Waals surface area contributed by atoms with Gasteiger partial charge >= 0.3 is 0 Å². The van der Waals surface area contributed by atoms with Crippen LogP contribution in [0.2, 0.25) is 0 Å². The zero-order chi connectivity index (χ0) is 29.2. The summed E-state index contributed by atoms with van der Waals surface area (Å²) in [7, 11) is 0. The number of hydrogen-bond acceptors (Lipinski definition) is 4.